The number of nitrogens with one attached hydrogen (secondary N) is 2. The molecular weight excluding hydrogens is 349 g/mol. The summed E-state index contributed by atoms with van der Waals surface area (Å²) < 4.78 is 41.6. The molecule has 0 radical (unpaired) electrons. The Morgan fingerprint density at radius 1 is 1.04 bits per heavy atom. The SMILES string of the molecule is COc1ccccc1CC(=O)Nc1ccc(CNC(=O)C(F)(F)F)cc1. The third kappa shape index (κ3) is 5.51. The van der Waals surface area contributed by atoms with E-state index >= 15 is 0 Å². The maximum atomic E-state index is 12.1. The van der Waals surface area contributed by atoms with Crippen molar-refractivity contribution in [1.29, 1.82) is 0 Å². The molecule has 0 spiro atoms. The van der Waals surface area contributed by atoms with E-state index in [4.69, 9.17) is 4.74 Å². The van der Waals surface area contributed by atoms with Crippen LogP contribution in [0.3, 0.4) is 0 Å². The van der Waals surface area contributed by atoms with E-state index in [2.05, 4.69) is 5.32 Å². The minimum Gasteiger partial charge on any atom is -0.496 e. The number of halogens is 3. The van der Waals surface area contributed by atoms with Crippen LogP contribution in [0.15, 0.2) is 48.5 Å². The lowest BCUT2D eigenvalue weighted by Crippen LogP contribution is -2.36. The van der Waals surface area contributed by atoms with Crippen LogP contribution in [0.1, 0.15) is 11.1 Å². The summed E-state index contributed by atoms with van der Waals surface area (Å²) in [4.78, 5) is 22.9. The van der Waals surface area contributed by atoms with E-state index < -0.39 is 12.1 Å². The molecule has 2 amide bonds. The van der Waals surface area contributed by atoms with Crippen LogP contribution in [0.25, 0.3) is 0 Å². The number of carbonyl (C=O) groups is 2. The number of rotatable bonds is 6. The normalized spacial score (nSPS) is 10.9. The summed E-state index contributed by atoms with van der Waals surface area (Å²) in [6.45, 7) is -0.256. The third-order valence-corrected chi connectivity index (χ3v) is 3.49. The van der Waals surface area contributed by atoms with Gasteiger partial charge in [0.15, 0.2) is 0 Å². The molecule has 0 aliphatic rings. The Balaban J connectivity index is 1.90. The lowest BCUT2D eigenvalue weighted by Gasteiger charge is -2.10. The first-order valence-electron chi connectivity index (χ1n) is 7.65. The number of hydrogen-bond acceptors (Lipinski definition) is 3. The topological polar surface area (TPSA) is 67.4 Å². The maximum Gasteiger partial charge on any atom is 0.471 e. The Labute approximate surface area is 148 Å². The van der Waals surface area contributed by atoms with Gasteiger partial charge in [-0.3, -0.25) is 9.59 Å². The Bertz CT molecular complexity index is 774. The van der Waals surface area contributed by atoms with E-state index in [0.717, 1.165) is 5.56 Å². The van der Waals surface area contributed by atoms with Crippen LogP contribution in [0.2, 0.25) is 0 Å². The highest BCUT2D eigenvalue weighted by atomic mass is 19.4. The summed E-state index contributed by atoms with van der Waals surface area (Å²) >= 11 is 0. The van der Waals surface area contributed by atoms with Gasteiger partial charge in [0.05, 0.1) is 13.5 Å². The van der Waals surface area contributed by atoms with Gasteiger partial charge in [-0.25, -0.2) is 0 Å². The first-order valence-corrected chi connectivity index (χ1v) is 7.65. The fourth-order valence-electron chi connectivity index (χ4n) is 2.22. The number of amides is 2. The molecule has 0 saturated carbocycles. The number of anilines is 1. The van der Waals surface area contributed by atoms with E-state index in [9.17, 15) is 22.8 Å². The number of para-hydroxylation sites is 1. The zero-order valence-corrected chi connectivity index (χ0v) is 13.9. The van der Waals surface area contributed by atoms with Crippen molar-refractivity contribution in [3.05, 3.63) is 59.7 Å². The van der Waals surface area contributed by atoms with Gasteiger partial charge in [-0.15, -0.1) is 0 Å². The van der Waals surface area contributed by atoms with Gasteiger partial charge in [0.1, 0.15) is 5.75 Å². The predicted molar refractivity (Wildman–Crippen MR) is 89.7 cm³/mol. The van der Waals surface area contributed by atoms with Crippen LogP contribution in [0, 0.1) is 0 Å². The molecule has 138 valence electrons. The van der Waals surface area contributed by atoms with Crippen LogP contribution in [-0.2, 0) is 22.6 Å². The third-order valence-electron chi connectivity index (χ3n) is 3.49. The van der Waals surface area contributed by atoms with E-state index in [1.807, 2.05) is 0 Å². The molecule has 2 aromatic carbocycles. The monoisotopic (exact) mass is 366 g/mol. The van der Waals surface area contributed by atoms with Crippen molar-refractivity contribution in [2.45, 2.75) is 19.1 Å². The van der Waals surface area contributed by atoms with Crippen molar-refractivity contribution in [2.75, 3.05) is 12.4 Å². The number of methoxy groups -OCH3 is 1. The lowest BCUT2D eigenvalue weighted by atomic mass is 10.1. The Morgan fingerprint density at radius 3 is 2.31 bits per heavy atom. The van der Waals surface area contributed by atoms with Crippen molar-refractivity contribution in [3.63, 3.8) is 0 Å². The molecule has 0 aliphatic heterocycles. The van der Waals surface area contributed by atoms with Crippen LogP contribution < -0.4 is 15.4 Å². The van der Waals surface area contributed by atoms with Crippen LogP contribution in [0.5, 0.6) is 5.75 Å². The molecular formula is C18H17F3N2O3. The summed E-state index contributed by atoms with van der Waals surface area (Å²) in [5, 5.41) is 4.48. The molecule has 2 N–H and O–H groups in total. The Kier molecular flexibility index (Phi) is 6.21. The molecule has 2 rings (SSSR count). The van der Waals surface area contributed by atoms with E-state index in [-0.39, 0.29) is 18.9 Å². The fourth-order valence-corrected chi connectivity index (χ4v) is 2.22. The van der Waals surface area contributed by atoms with Crippen molar-refractivity contribution < 1.29 is 27.5 Å². The zero-order valence-electron chi connectivity index (χ0n) is 13.9. The van der Waals surface area contributed by atoms with Gasteiger partial charge in [0.2, 0.25) is 5.91 Å². The molecule has 0 unspecified atom stereocenters. The first kappa shape index (κ1) is 19.3. The van der Waals surface area contributed by atoms with E-state index in [0.29, 0.717) is 17.0 Å². The largest absolute Gasteiger partial charge is 0.496 e. The van der Waals surface area contributed by atoms with Crippen LogP contribution in [-0.4, -0.2) is 25.1 Å². The first-order chi connectivity index (χ1) is 12.3. The standard InChI is InChI=1S/C18H17F3N2O3/c1-26-15-5-3-2-4-13(15)10-16(24)23-14-8-6-12(7-9-14)11-22-17(25)18(19,20)21/h2-9H,10-11H2,1H3,(H,22,25)(H,23,24). The molecule has 0 aliphatic carbocycles. The summed E-state index contributed by atoms with van der Waals surface area (Å²) in [6, 6.07) is 13.3. The summed E-state index contributed by atoms with van der Waals surface area (Å²) in [6.07, 6.45) is -4.79. The predicted octanol–water partition coefficient (Wildman–Crippen LogP) is 3.05. The minimum absolute atomic E-state index is 0.118. The maximum absolute atomic E-state index is 12.1. The van der Waals surface area contributed by atoms with E-state index in [1.54, 1.807) is 41.7 Å². The number of alkyl halides is 3. The molecule has 0 fully saturated rings. The number of ether oxygens (including phenoxy) is 1. The van der Waals surface area contributed by atoms with Crippen molar-refractivity contribution >= 4 is 17.5 Å². The van der Waals surface area contributed by atoms with Crippen molar-refractivity contribution in [1.82, 2.24) is 5.32 Å². The van der Waals surface area contributed by atoms with Gasteiger partial charge >= 0.3 is 12.1 Å². The van der Waals surface area contributed by atoms with Gasteiger partial charge < -0.3 is 15.4 Å². The molecule has 0 heterocycles. The summed E-state index contributed by atoms with van der Waals surface area (Å²) in [5.41, 5.74) is 1.71. The van der Waals surface area contributed by atoms with Crippen LogP contribution in [0.4, 0.5) is 18.9 Å². The summed E-state index contributed by atoms with van der Waals surface area (Å²) in [7, 11) is 1.52. The van der Waals surface area contributed by atoms with Gasteiger partial charge in [0.25, 0.3) is 0 Å². The fraction of sp³-hybridized carbons (Fsp3) is 0.222. The zero-order chi connectivity index (χ0) is 19.2. The number of benzene rings is 2. The molecule has 26 heavy (non-hydrogen) atoms. The number of hydrogen-bond donors (Lipinski definition) is 2. The summed E-state index contributed by atoms with van der Waals surface area (Å²) in [5.74, 6) is -1.64. The highest BCUT2D eigenvalue weighted by molar-refractivity contribution is 5.92. The van der Waals surface area contributed by atoms with Gasteiger partial charge in [0, 0.05) is 17.8 Å². The average Bonchev–Trinajstić information content (AvgIpc) is 2.60. The molecule has 2 aromatic rings. The smallest absolute Gasteiger partial charge is 0.471 e. The molecule has 5 nitrogen and oxygen atoms in total. The second-order valence-electron chi connectivity index (χ2n) is 5.41. The molecule has 0 saturated heterocycles. The van der Waals surface area contributed by atoms with Crippen LogP contribution >= 0.6 is 0 Å². The molecule has 0 bridgehead atoms. The Morgan fingerprint density at radius 2 is 1.69 bits per heavy atom. The Hall–Kier alpha value is -3.03. The second-order valence-corrected chi connectivity index (χ2v) is 5.41. The average molecular weight is 366 g/mol. The quantitative estimate of drug-likeness (QED) is 0.826. The highest BCUT2D eigenvalue weighted by Gasteiger charge is 2.38. The number of carbonyl (C=O) groups excluding carboxylic acids is 2. The highest BCUT2D eigenvalue weighted by Crippen LogP contribution is 2.19. The van der Waals surface area contributed by atoms with Gasteiger partial charge in [-0.1, -0.05) is 30.3 Å². The molecule has 8 heteroatoms. The lowest BCUT2D eigenvalue weighted by molar-refractivity contribution is -0.173. The van der Waals surface area contributed by atoms with Crippen molar-refractivity contribution in [3.8, 4) is 5.75 Å². The van der Waals surface area contributed by atoms with Gasteiger partial charge in [-0.2, -0.15) is 13.2 Å². The van der Waals surface area contributed by atoms with Gasteiger partial charge in [-0.05, 0) is 23.8 Å². The second kappa shape index (κ2) is 8.37. The minimum atomic E-state index is -4.91. The van der Waals surface area contributed by atoms with Crippen molar-refractivity contribution in [2.24, 2.45) is 0 Å². The van der Waals surface area contributed by atoms with E-state index in [1.165, 1.54) is 19.2 Å². The molecule has 0 atom stereocenters. The molecule has 0 aromatic heterocycles.